The predicted molar refractivity (Wildman–Crippen MR) is 102 cm³/mol. The fourth-order valence-electron chi connectivity index (χ4n) is 2.79. The highest BCUT2D eigenvalue weighted by molar-refractivity contribution is 6.00. The Bertz CT molecular complexity index is 866. The number of benzene rings is 2. The van der Waals surface area contributed by atoms with Crippen molar-refractivity contribution in [2.45, 2.75) is 25.9 Å². The van der Waals surface area contributed by atoms with Crippen molar-refractivity contribution in [1.29, 1.82) is 0 Å². The van der Waals surface area contributed by atoms with E-state index in [0.29, 0.717) is 11.4 Å². The molecule has 0 bridgehead atoms. The number of rotatable bonds is 6. The number of ether oxygens (including phenoxy) is 1. The molecule has 0 spiro atoms. The van der Waals surface area contributed by atoms with Crippen LogP contribution in [0.4, 0.5) is 11.4 Å². The van der Waals surface area contributed by atoms with Crippen molar-refractivity contribution in [2.75, 3.05) is 17.2 Å². The van der Waals surface area contributed by atoms with Gasteiger partial charge in [-0.1, -0.05) is 37.3 Å². The third-order valence-electron chi connectivity index (χ3n) is 4.20. The zero-order chi connectivity index (χ0) is 19.2. The molecule has 1 aliphatic heterocycles. The Morgan fingerprint density at radius 1 is 1.07 bits per heavy atom. The normalized spacial score (nSPS) is 15.1. The zero-order valence-electron chi connectivity index (χ0n) is 15.0. The van der Waals surface area contributed by atoms with E-state index in [-0.39, 0.29) is 24.8 Å². The minimum absolute atomic E-state index is 0.168. The molecule has 3 amide bonds. The molecule has 1 aliphatic rings. The summed E-state index contributed by atoms with van der Waals surface area (Å²) < 4.78 is 5.57. The van der Waals surface area contributed by atoms with Crippen molar-refractivity contribution < 1.29 is 19.1 Å². The van der Waals surface area contributed by atoms with Gasteiger partial charge in [0.05, 0.1) is 18.7 Å². The van der Waals surface area contributed by atoms with Crippen LogP contribution in [0, 0.1) is 0 Å². The van der Waals surface area contributed by atoms with Crippen LogP contribution in [0.3, 0.4) is 0 Å². The molecule has 0 saturated carbocycles. The van der Waals surface area contributed by atoms with Gasteiger partial charge in [-0.05, 0) is 30.2 Å². The standard InChI is InChI=1S/C20H21N3O4/c1-2-13-7-3-4-8-14(13)22-19(25)12-21-18(24)11-17-20(26)23-15-9-5-6-10-16(15)27-17/h3-10,17H,2,11-12H2,1H3,(H,21,24)(H,22,25)(H,23,26)/t17-/m0/s1. The molecular formula is C20H21N3O4. The molecule has 1 heterocycles. The van der Waals surface area contributed by atoms with Gasteiger partial charge in [-0.2, -0.15) is 0 Å². The summed E-state index contributed by atoms with van der Waals surface area (Å²) >= 11 is 0. The Balaban J connectivity index is 1.50. The molecule has 7 heteroatoms. The molecule has 0 aliphatic carbocycles. The highest BCUT2D eigenvalue weighted by Gasteiger charge is 2.29. The Morgan fingerprint density at radius 3 is 2.63 bits per heavy atom. The second-order valence-electron chi connectivity index (χ2n) is 6.13. The molecule has 3 N–H and O–H groups in total. The van der Waals surface area contributed by atoms with E-state index in [4.69, 9.17) is 4.74 Å². The first kappa shape index (κ1) is 18.4. The van der Waals surface area contributed by atoms with Crippen LogP contribution < -0.4 is 20.7 Å². The Kier molecular flexibility index (Phi) is 5.71. The lowest BCUT2D eigenvalue weighted by molar-refractivity contribution is -0.131. The van der Waals surface area contributed by atoms with E-state index in [1.807, 2.05) is 31.2 Å². The first-order chi connectivity index (χ1) is 13.1. The molecular weight excluding hydrogens is 346 g/mol. The van der Waals surface area contributed by atoms with Crippen molar-refractivity contribution in [3.63, 3.8) is 0 Å². The number of hydrogen-bond acceptors (Lipinski definition) is 4. The SMILES string of the molecule is CCc1ccccc1NC(=O)CNC(=O)C[C@@H]1Oc2ccccc2NC1=O. The molecule has 3 rings (SSSR count). The molecule has 0 radical (unpaired) electrons. The molecule has 0 aromatic heterocycles. The summed E-state index contributed by atoms with van der Waals surface area (Å²) in [5.41, 5.74) is 2.32. The number of amides is 3. The number of hydrogen-bond donors (Lipinski definition) is 3. The van der Waals surface area contributed by atoms with E-state index in [9.17, 15) is 14.4 Å². The van der Waals surface area contributed by atoms with E-state index in [1.165, 1.54) is 0 Å². The quantitative estimate of drug-likeness (QED) is 0.728. The van der Waals surface area contributed by atoms with Gasteiger partial charge in [-0.25, -0.2) is 0 Å². The van der Waals surface area contributed by atoms with Crippen molar-refractivity contribution in [1.82, 2.24) is 5.32 Å². The van der Waals surface area contributed by atoms with Crippen LogP contribution in [0.5, 0.6) is 5.75 Å². The van der Waals surface area contributed by atoms with Crippen LogP contribution in [-0.4, -0.2) is 30.4 Å². The average Bonchev–Trinajstić information content (AvgIpc) is 2.67. The van der Waals surface area contributed by atoms with Gasteiger partial charge in [-0.3, -0.25) is 14.4 Å². The van der Waals surface area contributed by atoms with E-state index in [1.54, 1.807) is 24.3 Å². The lowest BCUT2D eigenvalue weighted by Crippen LogP contribution is -2.42. The topological polar surface area (TPSA) is 96.5 Å². The third-order valence-corrected chi connectivity index (χ3v) is 4.20. The molecule has 140 valence electrons. The number of aryl methyl sites for hydroxylation is 1. The summed E-state index contributed by atoms with van der Waals surface area (Å²) in [6, 6.07) is 14.5. The molecule has 0 fully saturated rings. The van der Waals surface area contributed by atoms with Crippen LogP contribution in [0.1, 0.15) is 18.9 Å². The van der Waals surface area contributed by atoms with Crippen molar-refractivity contribution >= 4 is 29.1 Å². The van der Waals surface area contributed by atoms with Gasteiger partial charge in [0.2, 0.25) is 11.8 Å². The largest absolute Gasteiger partial charge is 0.478 e. The number of fused-ring (bicyclic) bond motifs is 1. The maximum atomic E-state index is 12.1. The van der Waals surface area contributed by atoms with Crippen LogP contribution in [0.25, 0.3) is 0 Å². The summed E-state index contributed by atoms with van der Waals surface area (Å²) in [6.07, 6.45) is -0.305. The van der Waals surface area contributed by atoms with E-state index >= 15 is 0 Å². The Morgan fingerprint density at radius 2 is 1.81 bits per heavy atom. The van der Waals surface area contributed by atoms with Gasteiger partial charge in [-0.15, -0.1) is 0 Å². The molecule has 7 nitrogen and oxygen atoms in total. The summed E-state index contributed by atoms with van der Waals surface area (Å²) in [6.45, 7) is 1.82. The second-order valence-corrected chi connectivity index (χ2v) is 6.13. The third kappa shape index (κ3) is 4.63. The summed E-state index contributed by atoms with van der Waals surface area (Å²) in [4.78, 5) is 36.2. The maximum Gasteiger partial charge on any atom is 0.266 e. The molecule has 2 aromatic carbocycles. The first-order valence-electron chi connectivity index (χ1n) is 8.78. The molecule has 27 heavy (non-hydrogen) atoms. The summed E-state index contributed by atoms with van der Waals surface area (Å²) in [5.74, 6) is -0.633. The fourth-order valence-corrected chi connectivity index (χ4v) is 2.79. The monoisotopic (exact) mass is 367 g/mol. The van der Waals surface area contributed by atoms with E-state index in [2.05, 4.69) is 16.0 Å². The highest BCUT2D eigenvalue weighted by Crippen LogP contribution is 2.29. The average molecular weight is 367 g/mol. The summed E-state index contributed by atoms with van der Waals surface area (Å²) in [5, 5.41) is 8.00. The van der Waals surface area contributed by atoms with Gasteiger partial charge in [0.15, 0.2) is 6.10 Å². The number of anilines is 2. The highest BCUT2D eigenvalue weighted by atomic mass is 16.5. The van der Waals surface area contributed by atoms with Gasteiger partial charge in [0.1, 0.15) is 5.75 Å². The van der Waals surface area contributed by atoms with Crippen LogP contribution in [0.15, 0.2) is 48.5 Å². The first-order valence-corrected chi connectivity index (χ1v) is 8.78. The van der Waals surface area contributed by atoms with Crippen LogP contribution in [0.2, 0.25) is 0 Å². The summed E-state index contributed by atoms with van der Waals surface area (Å²) in [7, 11) is 0. The molecule has 1 atom stereocenters. The van der Waals surface area contributed by atoms with Crippen molar-refractivity contribution in [2.24, 2.45) is 0 Å². The second kappa shape index (κ2) is 8.35. The lowest BCUT2D eigenvalue weighted by atomic mass is 10.1. The van der Waals surface area contributed by atoms with Gasteiger partial charge in [0.25, 0.3) is 5.91 Å². The van der Waals surface area contributed by atoms with E-state index < -0.39 is 12.0 Å². The minimum atomic E-state index is -0.927. The van der Waals surface area contributed by atoms with Gasteiger partial charge >= 0.3 is 0 Å². The number of para-hydroxylation sites is 3. The number of carbonyl (C=O) groups excluding carboxylic acids is 3. The van der Waals surface area contributed by atoms with Crippen LogP contribution >= 0.6 is 0 Å². The van der Waals surface area contributed by atoms with Gasteiger partial charge < -0.3 is 20.7 Å². The molecule has 2 aromatic rings. The molecule has 0 unspecified atom stereocenters. The van der Waals surface area contributed by atoms with Crippen molar-refractivity contribution in [3.8, 4) is 5.75 Å². The predicted octanol–water partition coefficient (Wildman–Crippen LogP) is 2.09. The van der Waals surface area contributed by atoms with Gasteiger partial charge in [0, 0.05) is 5.69 Å². The smallest absolute Gasteiger partial charge is 0.266 e. The maximum absolute atomic E-state index is 12.1. The fraction of sp³-hybridized carbons (Fsp3) is 0.250. The van der Waals surface area contributed by atoms with Crippen LogP contribution in [-0.2, 0) is 20.8 Å². The molecule has 0 saturated heterocycles. The lowest BCUT2D eigenvalue weighted by Gasteiger charge is -2.25. The number of carbonyl (C=O) groups is 3. The zero-order valence-corrected chi connectivity index (χ0v) is 15.0. The van der Waals surface area contributed by atoms with Crippen molar-refractivity contribution in [3.05, 3.63) is 54.1 Å². The number of nitrogens with one attached hydrogen (secondary N) is 3. The Hall–Kier alpha value is -3.35. The minimum Gasteiger partial charge on any atom is -0.478 e. The Labute approximate surface area is 157 Å². The van der Waals surface area contributed by atoms with E-state index in [0.717, 1.165) is 17.7 Å².